The molecule has 19 heavy (non-hydrogen) atoms. The van der Waals surface area contributed by atoms with Gasteiger partial charge in [-0.3, -0.25) is 9.79 Å². The second-order valence-corrected chi connectivity index (χ2v) is 7.45. The summed E-state index contributed by atoms with van der Waals surface area (Å²) >= 11 is 1.76. The number of hydrogen-bond acceptors (Lipinski definition) is 3. The Morgan fingerprint density at radius 1 is 1.53 bits per heavy atom. The van der Waals surface area contributed by atoms with Crippen LogP contribution < -0.4 is 10.6 Å². The van der Waals surface area contributed by atoms with Crippen LogP contribution in [0.25, 0.3) is 0 Å². The Labute approximate surface area is 121 Å². The summed E-state index contributed by atoms with van der Waals surface area (Å²) in [5.74, 6) is 1.80. The van der Waals surface area contributed by atoms with Crippen molar-refractivity contribution in [3.05, 3.63) is 0 Å². The van der Waals surface area contributed by atoms with Crippen LogP contribution in [0.3, 0.4) is 0 Å². The first-order valence-corrected chi connectivity index (χ1v) is 8.01. The van der Waals surface area contributed by atoms with Crippen LogP contribution in [-0.4, -0.2) is 35.0 Å². The molecule has 0 saturated carbocycles. The average Bonchev–Trinajstić information content (AvgIpc) is 2.27. The summed E-state index contributed by atoms with van der Waals surface area (Å²) in [7, 11) is 0. The van der Waals surface area contributed by atoms with E-state index in [2.05, 4.69) is 29.5 Å². The van der Waals surface area contributed by atoms with Crippen molar-refractivity contribution in [1.29, 1.82) is 0 Å². The Bertz CT molecular complexity index is 334. The van der Waals surface area contributed by atoms with Crippen LogP contribution in [0.5, 0.6) is 0 Å². The first-order chi connectivity index (χ1) is 8.78. The summed E-state index contributed by atoms with van der Waals surface area (Å²) in [6.07, 6.45) is 1.64. The van der Waals surface area contributed by atoms with Gasteiger partial charge in [-0.2, -0.15) is 0 Å². The zero-order chi connectivity index (χ0) is 14.5. The van der Waals surface area contributed by atoms with Gasteiger partial charge in [-0.25, -0.2) is 0 Å². The predicted octanol–water partition coefficient (Wildman–Crippen LogP) is 2.40. The number of nitrogens with one attached hydrogen (secondary N) is 2. The van der Waals surface area contributed by atoms with E-state index in [9.17, 15) is 4.79 Å². The first kappa shape index (κ1) is 16.3. The lowest BCUT2D eigenvalue weighted by atomic mass is 10.0. The zero-order valence-corrected chi connectivity index (χ0v) is 13.6. The van der Waals surface area contributed by atoms with Gasteiger partial charge in [0.2, 0.25) is 5.91 Å². The molecule has 0 aliphatic carbocycles. The fourth-order valence-corrected chi connectivity index (χ4v) is 2.87. The predicted molar refractivity (Wildman–Crippen MR) is 83.7 cm³/mol. The number of nitrogens with zero attached hydrogens (tertiary/aromatic N) is 1. The van der Waals surface area contributed by atoms with Crippen molar-refractivity contribution in [1.82, 2.24) is 10.6 Å². The third-order valence-corrected chi connectivity index (χ3v) is 3.85. The second kappa shape index (κ2) is 7.17. The highest BCUT2D eigenvalue weighted by atomic mass is 32.2. The van der Waals surface area contributed by atoms with Crippen LogP contribution in [0.1, 0.15) is 47.5 Å². The Balaban J connectivity index is 2.34. The van der Waals surface area contributed by atoms with Gasteiger partial charge in [0, 0.05) is 23.8 Å². The monoisotopic (exact) mass is 285 g/mol. The molecule has 0 aromatic rings. The molecule has 5 heteroatoms. The van der Waals surface area contributed by atoms with E-state index in [1.54, 1.807) is 11.8 Å². The maximum atomic E-state index is 11.7. The zero-order valence-electron chi connectivity index (χ0n) is 12.7. The van der Waals surface area contributed by atoms with Gasteiger partial charge in [-0.05, 0) is 33.1 Å². The molecular weight excluding hydrogens is 258 g/mol. The number of thioether (sulfide) groups is 1. The fourth-order valence-electron chi connectivity index (χ4n) is 1.89. The summed E-state index contributed by atoms with van der Waals surface area (Å²) in [5.41, 5.74) is -0.162. The van der Waals surface area contributed by atoms with Gasteiger partial charge in [0.25, 0.3) is 0 Å². The summed E-state index contributed by atoms with van der Waals surface area (Å²) < 4.78 is 0. The lowest BCUT2D eigenvalue weighted by Crippen LogP contribution is -2.42. The van der Waals surface area contributed by atoms with Gasteiger partial charge in [0.05, 0.1) is 6.54 Å². The Hall–Kier alpha value is -0.710. The molecule has 1 aliphatic rings. The second-order valence-electron chi connectivity index (χ2n) is 6.37. The molecule has 1 unspecified atom stereocenters. The molecule has 0 aromatic heterocycles. The summed E-state index contributed by atoms with van der Waals surface area (Å²) in [6.45, 7) is 11.0. The van der Waals surface area contributed by atoms with E-state index in [0.717, 1.165) is 10.9 Å². The van der Waals surface area contributed by atoms with Crippen molar-refractivity contribution >= 4 is 22.8 Å². The maximum absolute atomic E-state index is 11.7. The van der Waals surface area contributed by atoms with Gasteiger partial charge in [0.1, 0.15) is 0 Å². The van der Waals surface area contributed by atoms with Crippen molar-refractivity contribution < 1.29 is 4.79 Å². The van der Waals surface area contributed by atoms with Gasteiger partial charge in [-0.15, -0.1) is 0 Å². The summed E-state index contributed by atoms with van der Waals surface area (Å²) in [5, 5.41) is 7.40. The van der Waals surface area contributed by atoms with Crippen molar-refractivity contribution in [2.45, 2.75) is 59.0 Å². The highest BCUT2D eigenvalue weighted by Gasteiger charge is 2.20. The molecule has 1 aliphatic heterocycles. The Kier molecular flexibility index (Phi) is 6.17. The number of hydrogen-bond donors (Lipinski definition) is 2. The van der Waals surface area contributed by atoms with E-state index in [4.69, 9.17) is 0 Å². The average molecular weight is 285 g/mol. The van der Waals surface area contributed by atoms with Crippen molar-refractivity contribution in [2.75, 3.05) is 12.3 Å². The third-order valence-electron chi connectivity index (χ3n) is 2.89. The minimum absolute atomic E-state index is 0.0677. The number of amides is 1. The van der Waals surface area contributed by atoms with Crippen LogP contribution in [0, 0.1) is 5.92 Å². The third kappa shape index (κ3) is 6.85. The van der Waals surface area contributed by atoms with Crippen LogP contribution in [0.15, 0.2) is 4.99 Å². The standard InChI is InChI=1S/C14H27N3OS/c1-10(2)11-7-9-19-13(16-11)15-8-6-12(18)17-14(3,4)5/h10-11H,6-9H2,1-5H3,(H,15,16)(H,17,18). The lowest BCUT2D eigenvalue weighted by molar-refractivity contribution is -0.122. The molecule has 0 spiro atoms. The van der Waals surface area contributed by atoms with Crippen molar-refractivity contribution in [2.24, 2.45) is 10.9 Å². The number of amidine groups is 1. The van der Waals surface area contributed by atoms with Crippen LogP contribution >= 0.6 is 11.8 Å². The number of aliphatic imine (C=N–C) groups is 1. The lowest BCUT2D eigenvalue weighted by Gasteiger charge is -2.28. The summed E-state index contributed by atoms with van der Waals surface area (Å²) in [4.78, 5) is 16.2. The van der Waals surface area contributed by atoms with Crippen LogP contribution in [-0.2, 0) is 4.79 Å². The molecule has 110 valence electrons. The van der Waals surface area contributed by atoms with E-state index in [1.165, 1.54) is 6.42 Å². The fraction of sp³-hybridized carbons (Fsp3) is 0.857. The molecule has 2 N–H and O–H groups in total. The smallest absolute Gasteiger partial charge is 0.222 e. The van der Waals surface area contributed by atoms with E-state index in [1.807, 2.05) is 20.8 Å². The van der Waals surface area contributed by atoms with E-state index in [-0.39, 0.29) is 11.4 Å². The minimum Gasteiger partial charge on any atom is -0.362 e. The number of rotatable bonds is 4. The maximum Gasteiger partial charge on any atom is 0.222 e. The number of carbonyl (C=O) groups is 1. The molecule has 1 rings (SSSR count). The van der Waals surface area contributed by atoms with Gasteiger partial charge >= 0.3 is 0 Å². The molecule has 1 fully saturated rings. The molecule has 1 atom stereocenters. The molecule has 1 amide bonds. The molecule has 0 radical (unpaired) electrons. The molecule has 0 bridgehead atoms. The van der Waals surface area contributed by atoms with Crippen LogP contribution in [0.2, 0.25) is 0 Å². The van der Waals surface area contributed by atoms with E-state index in [0.29, 0.717) is 24.9 Å². The van der Waals surface area contributed by atoms with Gasteiger partial charge in [-0.1, -0.05) is 25.6 Å². The molecule has 1 heterocycles. The Morgan fingerprint density at radius 3 is 2.79 bits per heavy atom. The molecule has 1 saturated heterocycles. The largest absolute Gasteiger partial charge is 0.362 e. The van der Waals surface area contributed by atoms with Gasteiger partial charge in [0.15, 0.2) is 5.17 Å². The van der Waals surface area contributed by atoms with Crippen LogP contribution in [0.4, 0.5) is 0 Å². The first-order valence-electron chi connectivity index (χ1n) is 7.03. The molecule has 0 aromatic carbocycles. The summed E-state index contributed by atoms with van der Waals surface area (Å²) in [6, 6.07) is 0.517. The normalized spacial score (nSPS) is 22.4. The molecule has 4 nitrogen and oxygen atoms in total. The SMILES string of the molecule is CC(C)C1CCSC(=NCCC(=O)NC(C)(C)C)N1. The topological polar surface area (TPSA) is 53.5 Å². The highest BCUT2D eigenvalue weighted by Crippen LogP contribution is 2.18. The van der Waals surface area contributed by atoms with E-state index >= 15 is 0 Å². The quantitative estimate of drug-likeness (QED) is 0.834. The van der Waals surface area contributed by atoms with E-state index < -0.39 is 0 Å². The minimum atomic E-state index is -0.162. The van der Waals surface area contributed by atoms with Gasteiger partial charge < -0.3 is 10.6 Å². The van der Waals surface area contributed by atoms with Crippen molar-refractivity contribution in [3.63, 3.8) is 0 Å². The molecular formula is C14H27N3OS. The highest BCUT2D eigenvalue weighted by molar-refractivity contribution is 8.13. The number of carbonyl (C=O) groups excluding carboxylic acids is 1. The van der Waals surface area contributed by atoms with Crippen molar-refractivity contribution in [3.8, 4) is 0 Å². The Morgan fingerprint density at radius 2 is 2.21 bits per heavy atom.